The average Bonchev–Trinajstić information content (AvgIpc) is 2.36. The van der Waals surface area contributed by atoms with Crippen molar-refractivity contribution in [2.75, 3.05) is 0 Å². The van der Waals surface area contributed by atoms with Gasteiger partial charge in [-0.25, -0.2) is 0 Å². The van der Waals surface area contributed by atoms with Crippen molar-refractivity contribution in [3.05, 3.63) is 34.5 Å². The molecule has 2 rings (SSSR count). The summed E-state index contributed by atoms with van der Waals surface area (Å²) in [7, 11) is 0. The Balaban J connectivity index is 2.78. The molecule has 1 aliphatic carbocycles. The van der Waals surface area contributed by atoms with Crippen LogP contribution in [0.2, 0.25) is 0 Å². The molecule has 1 N–H and O–H groups in total. The fraction of sp³-hybridized carbons (Fsp3) is 0.182. The molecule has 1 aromatic heterocycles. The number of hydrogen-bond acceptors (Lipinski definition) is 1. The maximum atomic E-state index is 11.2. The molecule has 0 atom stereocenters. The molecular weight excluding hydrogens is 162 g/mol. The van der Waals surface area contributed by atoms with Crippen LogP contribution < -0.4 is 10.6 Å². The third-order valence-corrected chi connectivity index (χ3v) is 2.19. The Labute approximate surface area is 76.3 Å². The number of Topliss-reactive ketones (excluding diaryl/α,β-unsaturated/α-hetero) is 1. The van der Waals surface area contributed by atoms with E-state index in [1.165, 1.54) is 0 Å². The summed E-state index contributed by atoms with van der Waals surface area (Å²) in [4.78, 5) is 14.3. The number of nitrogens with one attached hydrogen (secondary N) is 1. The maximum absolute atomic E-state index is 11.2. The molecule has 0 fully saturated rings. The van der Waals surface area contributed by atoms with E-state index in [2.05, 4.69) is 17.1 Å². The lowest BCUT2D eigenvalue weighted by Crippen LogP contribution is -2.25. The number of aromatic nitrogens is 1. The first kappa shape index (κ1) is 8.05. The number of H-pyrrole nitrogens is 1. The van der Waals surface area contributed by atoms with E-state index in [0.29, 0.717) is 0 Å². The number of carbonyl (C=O) groups is 1. The fourth-order valence-electron chi connectivity index (χ4n) is 1.52. The van der Waals surface area contributed by atoms with Crippen LogP contribution in [-0.2, 0) is 0 Å². The summed E-state index contributed by atoms with van der Waals surface area (Å²) in [5.74, 6) is 0.109. The van der Waals surface area contributed by atoms with E-state index in [-0.39, 0.29) is 5.78 Å². The Morgan fingerprint density at radius 2 is 2.38 bits per heavy atom. The SMILES string of the molecule is CC(=O)c1c[nH]c2c1=CC=CCC=2. The fourth-order valence-corrected chi connectivity index (χ4v) is 1.52. The Kier molecular flexibility index (Phi) is 1.89. The van der Waals surface area contributed by atoms with Gasteiger partial charge in [0.1, 0.15) is 0 Å². The highest BCUT2D eigenvalue weighted by atomic mass is 16.1. The van der Waals surface area contributed by atoms with Gasteiger partial charge in [-0.05, 0) is 13.3 Å². The summed E-state index contributed by atoms with van der Waals surface area (Å²) in [6.07, 6.45) is 10.8. The quantitative estimate of drug-likeness (QED) is 0.624. The number of rotatable bonds is 1. The summed E-state index contributed by atoms with van der Waals surface area (Å²) >= 11 is 0. The molecular formula is C11H11NO. The van der Waals surface area contributed by atoms with Gasteiger partial charge in [0.05, 0.1) is 0 Å². The zero-order chi connectivity index (χ0) is 9.26. The normalized spacial score (nSPS) is 13.9. The molecule has 66 valence electrons. The second kappa shape index (κ2) is 3.05. The van der Waals surface area contributed by atoms with Gasteiger partial charge in [-0.1, -0.05) is 24.3 Å². The van der Waals surface area contributed by atoms with Gasteiger partial charge in [0, 0.05) is 22.3 Å². The molecule has 0 unspecified atom stereocenters. The molecule has 0 saturated heterocycles. The van der Waals surface area contributed by atoms with Crippen molar-refractivity contribution in [1.82, 2.24) is 4.98 Å². The highest BCUT2D eigenvalue weighted by molar-refractivity contribution is 5.94. The monoisotopic (exact) mass is 173 g/mol. The van der Waals surface area contributed by atoms with Crippen molar-refractivity contribution >= 4 is 17.9 Å². The minimum absolute atomic E-state index is 0.109. The smallest absolute Gasteiger partial charge is 0.161 e. The van der Waals surface area contributed by atoms with Crippen LogP contribution in [0.5, 0.6) is 0 Å². The summed E-state index contributed by atoms with van der Waals surface area (Å²) in [5.41, 5.74) is 0.776. The molecule has 0 amide bonds. The van der Waals surface area contributed by atoms with Crippen LogP contribution in [0.1, 0.15) is 23.7 Å². The molecule has 1 heterocycles. The first-order valence-electron chi connectivity index (χ1n) is 4.34. The molecule has 2 heteroatoms. The standard InChI is InChI=1S/C11H11NO/c1-8(13)10-7-12-11-6-4-2-3-5-9(10)11/h2-3,5-7,12H,4H2,1H3. The second-order valence-electron chi connectivity index (χ2n) is 3.12. The highest BCUT2D eigenvalue weighted by Crippen LogP contribution is 1.93. The predicted octanol–water partition coefficient (Wildman–Crippen LogP) is 0.738. The molecule has 0 bridgehead atoms. The zero-order valence-electron chi connectivity index (χ0n) is 7.50. The third kappa shape index (κ3) is 1.35. The molecule has 0 spiro atoms. The minimum atomic E-state index is 0.109. The molecule has 1 aliphatic rings. The summed E-state index contributed by atoms with van der Waals surface area (Å²) < 4.78 is 0. The van der Waals surface area contributed by atoms with Crippen LogP contribution in [0.25, 0.3) is 12.2 Å². The Hall–Kier alpha value is -1.57. The summed E-state index contributed by atoms with van der Waals surface area (Å²) in [6.45, 7) is 1.59. The van der Waals surface area contributed by atoms with E-state index in [0.717, 1.165) is 22.6 Å². The van der Waals surface area contributed by atoms with Gasteiger partial charge in [-0.3, -0.25) is 4.79 Å². The molecule has 0 aromatic carbocycles. The molecule has 0 aliphatic heterocycles. The molecule has 0 radical (unpaired) electrons. The maximum Gasteiger partial charge on any atom is 0.161 e. The Morgan fingerprint density at radius 1 is 1.54 bits per heavy atom. The lowest BCUT2D eigenvalue weighted by atomic mass is 10.2. The predicted molar refractivity (Wildman–Crippen MR) is 52.7 cm³/mol. The number of carbonyl (C=O) groups excluding carboxylic acids is 1. The lowest BCUT2D eigenvalue weighted by molar-refractivity contribution is 0.101. The second-order valence-corrected chi connectivity index (χ2v) is 3.12. The van der Waals surface area contributed by atoms with Crippen molar-refractivity contribution in [2.24, 2.45) is 0 Å². The van der Waals surface area contributed by atoms with E-state index in [1.54, 1.807) is 13.1 Å². The van der Waals surface area contributed by atoms with E-state index in [1.807, 2.05) is 12.2 Å². The van der Waals surface area contributed by atoms with Crippen LogP contribution >= 0.6 is 0 Å². The first-order valence-corrected chi connectivity index (χ1v) is 4.34. The number of hydrogen-bond donors (Lipinski definition) is 1. The van der Waals surface area contributed by atoms with Gasteiger partial charge in [0.15, 0.2) is 5.78 Å². The van der Waals surface area contributed by atoms with Crippen molar-refractivity contribution in [2.45, 2.75) is 13.3 Å². The van der Waals surface area contributed by atoms with Gasteiger partial charge >= 0.3 is 0 Å². The number of aromatic amines is 1. The number of fused-ring (bicyclic) bond motifs is 1. The van der Waals surface area contributed by atoms with Crippen LogP contribution in [0.15, 0.2) is 18.3 Å². The average molecular weight is 173 g/mol. The zero-order valence-corrected chi connectivity index (χ0v) is 7.50. The van der Waals surface area contributed by atoms with Gasteiger partial charge in [0.25, 0.3) is 0 Å². The highest BCUT2D eigenvalue weighted by Gasteiger charge is 2.03. The number of ketones is 1. The summed E-state index contributed by atoms with van der Waals surface area (Å²) in [6, 6.07) is 0. The van der Waals surface area contributed by atoms with Gasteiger partial charge in [-0.2, -0.15) is 0 Å². The van der Waals surface area contributed by atoms with E-state index < -0.39 is 0 Å². The van der Waals surface area contributed by atoms with Gasteiger partial charge < -0.3 is 4.98 Å². The summed E-state index contributed by atoms with van der Waals surface area (Å²) in [5, 5.41) is 2.07. The van der Waals surface area contributed by atoms with Crippen molar-refractivity contribution in [1.29, 1.82) is 0 Å². The first-order chi connectivity index (χ1) is 6.29. The molecule has 2 nitrogen and oxygen atoms in total. The van der Waals surface area contributed by atoms with Gasteiger partial charge in [0.2, 0.25) is 0 Å². The van der Waals surface area contributed by atoms with E-state index >= 15 is 0 Å². The molecule has 13 heavy (non-hydrogen) atoms. The largest absolute Gasteiger partial charge is 0.361 e. The van der Waals surface area contributed by atoms with E-state index in [9.17, 15) is 4.79 Å². The van der Waals surface area contributed by atoms with E-state index in [4.69, 9.17) is 0 Å². The van der Waals surface area contributed by atoms with Crippen molar-refractivity contribution in [3.63, 3.8) is 0 Å². The number of allylic oxidation sites excluding steroid dienone is 2. The van der Waals surface area contributed by atoms with Crippen LogP contribution in [-0.4, -0.2) is 10.8 Å². The van der Waals surface area contributed by atoms with Crippen LogP contribution in [0, 0.1) is 0 Å². The minimum Gasteiger partial charge on any atom is -0.361 e. The van der Waals surface area contributed by atoms with Crippen LogP contribution in [0.4, 0.5) is 0 Å². The third-order valence-electron chi connectivity index (χ3n) is 2.19. The topological polar surface area (TPSA) is 32.9 Å². The Morgan fingerprint density at radius 3 is 3.15 bits per heavy atom. The molecule has 0 saturated carbocycles. The van der Waals surface area contributed by atoms with Crippen molar-refractivity contribution in [3.8, 4) is 0 Å². The lowest BCUT2D eigenvalue weighted by Gasteiger charge is -1.85. The van der Waals surface area contributed by atoms with Crippen molar-refractivity contribution < 1.29 is 4.79 Å². The Bertz CT molecular complexity index is 477. The van der Waals surface area contributed by atoms with Gasteiger partial charge in [-0.15, -0.1) is 0 Å². The molecule has 1 aromatic rings. The van der Waals surface area contributed by atoms with Crippen LogP contribution in [0.3, 0.4) is 0 Å².